The largest absolute Gasteiger partial charge is 0.329 e. The van der Waals surface area contributed by atoms with Gasteiger partial charge in [0.1, 0.15) is 11.6 Å². The van der Waals surface area contributed by atoms with Crippen molar-refractivity contribution in [2.24, 2.45) is 0 Å². The van der Waals surface area contributed by atoms with E-state index in [0.29, 0.717) is 12.1 Å². The Balaban J connectivity index is 1.43. The minimum Gasteiger partial charge on any atom is -0.329 e. The molecule has 3 nitrogen and oxygen atoms in total. The summed E-state index contributed by atoms with van der Waals surface area (Å²) < 4.78 is 28.0. The van der Waals surface area contributed by atoms with Gasteiger partial charge in [0, 0.05) is 17.6 Å². The Morgan fingerprint density at radius 1 is 0.865 bits per heavy atom. The summed E-state index contributed by atoms with van der Waals surface area (Å²) in [5.41, 5.74) is 6.20. The standard InChI is InChI=1S/C32H32F2N2O/c1-35(2)31(24-7-5-8-26(34)21-24)15-17-32(18-16-31)29-20-23-6-3-4-9-27(23)28(29)14-19-36(32)30(37)22-10-12-25(33)13-11-22/h3-13,21H,14-20H2,1-2H3. The van der Waals surface area contributed by atoms with Gasteiger partial charge in [-0.25, -0.2) is 8.78 Å². The Hall–Kier alpha value is -3.31. The summed E-state index contributed by atoms with van der Waals surface area (Å²) in [5.74, 6) is -0.601. The number of nitrogens with zero attached hydrogens (tertiary/aromatic N) is 2. The predicted molar refractivity (Wildman–Crippen MR) is 142 cm³/mol. The summed E-state index contributed by atoms with van der Waals surface area (Å²) in [6, 6.07) is 21.5. The Morgan fingerprint density at radius 3 is 2.30 bits per heavy atom. The summed E-state index contributed by atoms with van der Waals surface area (Å²) in [4.78, 5) is 18.3. The molecule has 1 saturated carbocycles. The lowest BCUT2D eigenvalue weighted by atomic mass is 9.63. The fourth-order valence-electron chi connectivity index (χ4n) is 7.23. The van der Waals surface area contributed by atoms with Crippen LogP contribution < -0.4 is 0 Å². The quantitative estimate of drug-likeness (QED) is 0.407. The highest BCUT2D eigenvalue weighted by Crippen LogP contribution is 2.55. The predicted octanol–water partition coefficient (Wildman–Crippen LogP) is 6.59. The first-order valence-corrected chi connectivity index (χ1v) is 13.2. The van der Waals surface area contributed by atoms with Crippen molar-refractivity contribution in [2.45, 2.75) is 49.6 Å². The first-order valence-electron chi connectivity index (χ1n) is 13.2. The van der Waals surface area contributed by atoms with E-state index in [-0.39, 0.29) is 23.1 Å². The zero-order valence-corrected chi connectivity index (χ0v) is 21.4. The number of amides is 1. The third-order valence-electron chi connectivity index (χ3n) is 9.20. The Bertz CT molecular complexity index is 1380. The van der Waals surface area contributed by atoms with Crippen molar-refractivity contribution >= 4 is 11.5 Å². The average molecular weight is 499 g/mol. The summed E-state index contributed by atoms with van der Waals surface area (Å²) in [5, 5.41) is 0. The molecule has 1 spiro atoms. The van der Waals surface area contributed by atoms with Gasteiger partial charge in [0.05, 0.1) is 5.54 Å². The molecule has 2 aliphatic carbocycles. The number of hydrogen-bond acceptors (Lipinski definition) is 2. The van der Waals surface area contributed by atoms with Crippen molar-refractivity contribution in [3.05, 3.63) is 112 Å². The third-order valence-corrected chi connectivity index (χ3v) is 9.20. The molecule has 1 heterocycles. The van der Waals surface area contributed by atoms with Crippen LogP contribution in [0.25, 0.3) is 5.57 Å². The molecule has 3 aromatic rings. The minimum absolute atomic E-state index is 0.0365. The number of carbonyl (C=O) groups excluding carboxylic acids is 1. The molecule has 0 radical (unpaired) electrons. The maximum absolute atomic E-state index is 14.3. The zero-order valence-electron chi connectivity index (χ0n) is 21.4. The summed E-state index contributed by atoms with van der Waals surface area (Å²) in [6.45, 7) is 0.637. The van der Waals surface area contributed by atoms with Gasteiger partial charge in [0.25, 0.3) is 5.91 Å². The number of hydrogen-bond donors (Lipinski definition) is 0. The molecule has 5 heteroatoms. The normalized spacial score (nSPS) is 24.9. The molecule has 190 valence electrons. The molecule has 1 aliphatic heterocycles. The van der Waals surface area contributed by atoms with Crippen LogP contribution in [0.5, 0.6) is 0 Å². The van der Waals surface area contributed by atoms with Gasteiger partial charge in [-0.3, -0.25) is 9.69 Å². The second kappa shape index (κ2) is 8.91. The van der Waals surface area contributed by atoms with Gasteiger partial charge in [-0.2, -0.15) is 0 Å². The summed E-state index contributed by atoms with van der Waals surface area (Å²) in [7, 11) is 4.14. The molecule has 6 rings (SSSR count). The molecule has 0 bridgehead atoms. The van der Waals surface area contributed by atoms with Gasteiger partial charge in [0.15, 0.2) is 0 Å². The van der Waals surface area contributed by atoms with E-state index >= 15 is 0 Å². The molecule has 0 N–H and O–H groups in total. The molecule has 37 heavy (non-hydrogen) atoms. The van der Waals surface area contributed by atoms with E-state index in [2.05, 4.69) is 48.2 Å². The van der Waals surface area contributed by atoms with E-state index < -0.39 is 5.54 Å². The number of benzene rings is 3. The SMILES string of the molecule is CN(C)C1(c2cccc(F)c2)CCC2(CC1)C1=C(CCN2C(=O)c2ccc(F)cc2)c2ccccc2C1. The van der Waals surface area contributed by atoms with Crippen LogP contribution >= 0.6 is 0 Å². The van der Waals surface area contributed by atoms with Crippen molar-refractivity contribution in [2.75, 3.05) is 20.6 Å². The molecule has 1 amide bonds. The number of rotatable bonds is 3. The van der Waals surface area contributed by atoms with Crippen molar-refractivity contribution in [1.29, 1.82) is 0 Å². The molecular weight excluding hydrogens is 466 g/mol. The van der Waals surface area contributed by atoms with E-state index in [0.717, 1.165) is 44.1 Å². The minimum atomic E-state index is -0.412. The summed E-state index contributed by atoms with van der Waals surface area (Å²) >= 11 is 0. The van der Waals surface area contributed by atoms with Gasteiger partial charge in [-0.05, 0) is 117 Å². The number of halogens is 2. The van der Waals surface area contributed by atoms with Crippen molar-refractivity contribution in [1.82, 2.24) is 9.80 Å². The van der Waals surface area contributed by atoms with Crippen molar-refractivity contribution in [3.63, 3.8) is 0 Å². The lowest BCUT2D eigenvalue weighted by Gasteiger charge is -2.56. The number of carbonyl (C=O) groups is 1. The fraction of sp³-hybridized carbons (Fsp3) is 0.344. The van der Waals surface area contributed by atoms with Gasteiger partial charge in [0.2, 0.25) is 0 Å². The monoisotopic (exact) mass is 498 g/mol. The van der Waals surface area contributed by atoms with Crippen LogP contribution in [0.15, 0.2) is 78.4 Å². The smallest absolute Gasteiger partial charge is 0.254 e. The van der Waals surface area contributed by atoms with E-state index in [9.17, 15) is 13.6 Å². The molecule has 0 saturated heterocycles. The highest BCUT2D eigenvalue weighted by molar-refractivity contribution is 5.96. The Labute approximate surface area is 217 Å². The van der Waals surface area contributed by atoms with Gasteiger partial charge in [-0.1, -0.05) is 36.4 Å². The van der Waals surface area contributed by atoms with Crippen LogP contribution in [-0.2, 0) is 12.0 Å². The maximum atomic E-state index is 14.3. The van der Waals surface area contributed by atoms with Crippen LogP contribution in [0.2, 0.25) is 0 Å². The highest BCUT2D eigenvalue weighted by atomic mass is 19.1. The van der Waals surface area contributed by atoms with Gasteiger partial charge < -0.3 is 4.90 Å². The number of fused-ring (bicyclic) bond motifs is 3. The average Bonchev–Trinajstić information content (AvgIpc) is 3.29. The lowest BCUT2D eigenvalue weighted by Crippen LogP contribution is -2.60. The van der Waals surface area contributed by atoms with Crippen LogP contribution in [-0.4, -0.2) is 41.9 Å². The Kier molecular flexibility index (Phi) is 5.79. The molecule has 3 aliphatic rings. The molecule has 0 atom stereocenters. The third kappa shape index (κ3) is 3.74. The molecular formula is C32H32F2N2O. The fourth-order valence-corrected chi connectivity index (χ4v) is 7.23. The topological polar surface area (TPSA) is 23.6 Å². The molecule has 0 aromatic heterocycles. The first-order chi connectivity index (χ1) is 17.8. The van der Waals surface area contributed by atoms with Crippen LogP contribution in [0.4, 0.5) is 8.78 Å². The van der Waals surface area contributed by atoms with E-state index in [1.54, 1.807) is 24.3 Å². The highest BCUT2D eigenvalue weighted by Gasteiger charge is 2.54. The van der Waals surface area contributed by atoms with Crippen molar-refractivity contribution in [3.8, 4) is 0 Å². The second-order valence-corrected chi connectivity index (χ2v) is 11.0. The lowest BCUT2D eigenvalue weighted by molar-refractivity contribution is 0.00714. The zero-order chi connectivity index (χ0) is 25.8. The Morgan fingerprint density at radius 2 is 1.59 bits per heavy atom. The van der Waals surface area contributed by atoms with E-state index in [1.807, 2.05) is 6.07 Å². The summed E-state index contributed by atoms with van der Waals surface area (Å²) in [6.07, 6.45) is 4.88. The van der Waals surface area contributed by atoms with Gasteiger partial charge >= 0.3 is 0 Å². The van der Waals surface area contributed by atoms with Crippen LogP contribution in [0, 0.1) is 11.6 Å². The second-order valence-electron chi connectivity index (χ2n) is 11.0. The maximum Gasteiger partial charge on any atom is 0.254 e. The van der Waals surface area contributed by atoms with Gasteiger partial charge in [-0.15, -0.1) is 0 Å². The van der Waals surface area contributed by atoms with E-state index in [1.165, 1.54) is 40.5 Å². The first kappa shape index (κ1) is 24.1. The van der Waals surface area contributed by atoms with Crippen LogP contribution in [0.3, 0.4) is 0 Å². The van der Waals surface area contributed by atoms with Crippen molar-refractivity contribution < 1.29 is 13.6 Å². The van der Waals surface area contributed by atoms with E-state index in [4.69, 9.17) is 0 Å². The molecule has 1 fully saturated rings. The molecule has 3 aromatic carbocycles. The van der Waals surface area contributed by atoms with Crippen LogP contribution in [0.1, 0.15) is 59.2 Å². The molecule has 0 unspecified atom stereocenters.